The van der Waals surface area contributed by atoms with Gasteiger partial charge in [-0.25, -0.2) is 4.98 Å². The van der Waals surface area contributed by atoms with Crippen LogP contribution >= 0.6 is 0 Å². The van der Waals surface area contributed by atoms with Crippen LogP contribution < -0.4 is 0 Å². The molecule has 11 rings (SSSR count). The Morgan fingerprint density at radius 1 is 0.431 bits per heavy atom. The Morgan fingerprint density at radius 2 is 1.02 bits per heavy atom. The minimum absolute atomic E-state index is 0.575. The Hall–Kier alpha value is -6.98. The maximum atomic E-state index is 6.42. The molecule has 0 aliphatic heterocycles. The summed E-state index contributed by atoms with van der Waals surface area (Å²) < 4.78 is 11.2. The molecule has 51 heavy (non-hydrogen) atoms. The van der Waals surface area contributed by atoms with E-state index in [1.54, 1.807) is 0 Å². The topological polar surface area (TPSA) is 48.8 Å². The van der Waals surface area contributed by atoms with Crippen LogP contribution in [0.1, 0.15) is 0 Å². The highest BCUT2D eigenvalue weighted by Crippen LogP contribution is 2.42. The van der Waals surface area contributed by atoms with Gasteiger partial charge in [0.05, 0.1) is 38.8 Å². The molecule has 0 saturated carbocycles. The number of nitrogens with zero attached hydrogens (tertiary/aromatic N) is 4. The fourth-order valence-corrected chi connectivity index (χ4v) is 7.95. The van der Waals surface area contributed by atoms with E-state index in [1.165, 1.54) is 27.1 Å². The molecule has 0 fully saturated rings. The second-order valence-electron chi connectivity index (χ2n) is 13.0. The molecule has 11 aromatic rings. The van der Waals surface area contributed by atoms with Gasteiger partial charge >= 0.3 is 0 Å². The highest BCUT2D eigenvalue weighted by atomic mass is 16.3. The lowest BCUT2D eigenvalue weighted by molar-refractivity contribution is 0.653. The minimum atomic E-state index is 0.575. The Labute approximate surface area is 292 Å². The highest BCUT2D eigenvalue weighted by molar-refractivity contribution is 6.19. The molecule has 0 aliphatic carbocycles. The van der Waals surface area contributed by atoms with Crippen LogP contribution in [0, 0.1) is 0 Å². The first-order valence-electron chi connectivity index (χ1n) is 17.2. The predicted molar refractivity (Wildman–Crippen MR) is 209 cm³/mol. The summed E-state index contributed by atoms with van der Waals surface area (Å²) in [5.41, 5.74) is 10.9. The monoisotopic (exact) mass is 652 g/mol. The molecule has 0 saturated heterocycles. The average molecular weight is 653 g/mol. The van der Waals surface area contributed by atoms with Crippen LogP contribution in [0.2, 0.25) is 0 Å². The lowest BCUT2D eigenvalue weighted by atomic mass is 10.1. The van der Waals surface area contributed by atoms with Crippen molar-refractivity contribution in [1.82, 2.24) is 19.1 Å². The Morgan fingerprint density at radius 3 is 1.78 bits per heavy atom. The molecule has 4 heterocycles. The number of furan rings is 1. The third-order valence-corrected chi connectivity index (χ3v) is 10.2. The van der Waals surface area contributed by atoms with E-state index in [4.69, 9.17) is 14.4 Å². The standard InChI is InChI=1S/C46H28N4O/c1-3-15-29(16-4-1)44-43-34-22-10-14-26-42(34)51-46(43)48-45(47-44)33-21-9-13-25-39(33)50-38-24-12-8-20-32(38)36-27-35-31-19-7-11-23-37(31)49(40(35)28-41(36)50)30-17-5-2-6-18-30/h1-28H. The van der Waals surface area contributed by atoms with E-state index >= 15 is 0 Å². The summed E-state index contributed by atoms with van der Waals surface area (Å²) >= 11 is 0. The van der Waals surface area contributed by atoms with Gasteiger partial charge in [0.2, 0.25) is 5.71 Å². The summed E-state index contributed by atoms with van der Waals surface area (Å²) in [6.45, 7) is 0. The number of fused-ring (bicyclic) bond motifs is 9. The lowest BCUT2D eigenvalue weighted by Gasteiger charge is -2.14. The quantitative estimate of drug-likeness (QED) is 0.190. The van der Waals surface area contributed by atoms with E-state index in [0.29, 0.717) is 11.5 Å². The fourth-order valence-electron chi connectivity index (χ4n) is 7.95. The molecule has 0 atom stereocenters. The molecule has 0 aliphatic rings. The Bertz CT molecular complexity index is 3130. The Balaban J connectivity index is 1.23. The summed E-state index contributed by atoms with van der Waals surface area (Å²) in [5.74, 6) is 0.612. The summed E-state index contributed by atoms with van der Waals surface area (Å²) in [4.78, 5) is 10.5. The molecule has 238 valence electrons. The lowest BCUT2D eigenvalue weighted by Crippen LogP contribution is -2.01. The fraction of sp³-hybridized carbons (Fsp3) is 0. The molecule has 5 heteroatoms. The summed E-state index contributed by atoms with van der Waals surface area (Å²) in [7, 11) is 0. The van der Waals surface area contributed by atoms with Gasteiger partial charge in [0.1, 0.15) is 5.58 Å². The van der Waals surface area contributed by atoms with Crippen molar-refractivity contribution in [2.45, 2.75) is 0 Å². The summed E-state index contributed by atoms with van der Waals surface area (Å²) in [6.07, 6.45) is 0. The van der Waals surface area contributed by atoms with Gasteiger partial charge in [-0.3, -0.25) is 0 Å². The first-order chi connectivity index (χ1) is 25.3. The van der Waals surface area contributed by atoms with Crippen LogP contribution in [0.25, 0.3) is 99.7 Å². The molecule has 4 aromatic heterocycles. The third-order valence-electron chi connectivity index (χ3n) is 10.2. The van der Waals surface area contributed by atoms with Crippen molar-refractivity contribution in [3.8, 4) is 34.0 Å². The van der Waals surface area contributed by atoms with E-state index in [-0.39, 0.29) is 0 Å². The number of rotatable bonds is 4. The van der Waals surface area contributed by atoms with Crippen LogP contribution in [0.4, 0.5) is 0 Å². The molecule has 0 amide bonds. The Kier molecular flexibility index (Phi) is 5.89. The SMILES string of the molecule is c1ccc(-c2nc(-c3ccccc3-n3c4ccccc4c4cc5c6ccccc6n(-c6ccccc6)c5cc43)nc3oc4ccccc4c23)cc1. The van der Waals surface area contributed by atoms with Crippen molar-refractivity contribution in [2.75, 3.05) is 0 Å². The number of hydrogen-bond donors (Lipinski definition) is 0. The van der Waals surface area contributed by atoms with Gasteiger partial charge in [0, 0.05) is 43.7 Å². The molecule has 0 N–H and O–H groups in total. The number of para-hydroxylation sites is 5. The normalized spacial score (nSPS) is 11.9. The maximum Gasteiger partial charge on any atom is 0.231 e. The van der Waals surface area contributed by atoms with Gasteiger partial charge in [0.25, 0.3) is 0 Å². The van der Waals surface area contributed by atoms with Gasteiger partial charge in [-0.15, -0.1) is 0 Å². The molecule has 0 radical (unpaired) electrons. The second-order valence-corrected chi connectivity index (χ2v) is 13.0. The van der Waals surface area contributed by atoms with Crippen LogP contribution in [0.15, 0.2) is 174 Å². The van der Waals surface area contributed by atoms with Crippen molar-refractivity contribution in [3.05, 3.63) is 170 Å². The molecule has 0 unspecified atom stereocenters. The highest BCUT2D eigenvalue weighted by Gasteiger charge is 2.23. The van der Waals surface area contributed by atoms with Crippen LogP contribution in [-0.2, 0) is 0 Å². The van der Waals surface area contributed by atoms with Crippen LogP contribution in [0.3, 0.4) is 0 Å². The smallest absolute Gasteiger partial charge is 0.231 e. The predicted octanol–water partition coefficient (Wildman–Crippen LogP) is 11.9. The third kappa shape index (κ3) is 4.09. The van der Waals surface area contributed by atoms with Crippen LogP contribution in [0.5, 0.6) is 0 Å². The van der Waals surface area contributed by atoms with Crippen molar-refractivity contribution in [2.24, 2.45) is 0 Å². The summed E-state index contributed by atoms with van der Waals surface area (Å²) in [6, 6.07) is 59.6. The average Bonchev–Trinajstić information content (AvgIpc) is 3.84. The van der Waals surface area contributed by atoms with Gasteiger partial charge in [0.15, 0.2) is 5.82 Å². The van der Waals surface area contributed by atoms with Crippen molar-refractivity contribution in [3.63, 3.8) is 0 Å². The van der Waals surface area contributed by atoms with Crippen molar-refractivity contribution >= 4 is 65.7 Å². The molecule has 7 aromatic carbocycles. The maximum absolute atomic E-state index is 6.42. The van der Waals surface area contributed by atoms with Crippen LogP contribution in [-0.4, -0.2) is 19.1 Å². The van der Waals surface area contributed by atoms with Gasteiger partial charge < -0.3 is 13.6 Å². The van der Waals surface area contributed by atoms with E-state index in [0.717, 1.165) is 61.1 Å². The molecule has 5 nitrogen and oxygen atoms in total. The number of hydrogen-bond acceptors (Lipinski definition) is 3. The minimum Gasteiger partial charge on any atom is -0.438 e. The van der Waals surface area contributed by atoms with E-state index in [9.17, 15) is 0 Å². The largest absolute Gasteiger partial charge is 0.438 e. The molecular weight excluding hydrogens is 625 g/mol. The van der Waals surface area contributed by atoms with Crippen molar-refractivity contribution in [1.29, 1.82) is 0 Å². The van der Waals surface area contributed by atoms with E-state index in [1.807, 2.05) is 36.4 Å². The van der Waals surface area contributed by atoms with Gasteiger partial charge in [-0.05, 0) is 54.6 Å². The van der Waals surface area contributed by atoms with Gasteiger partial charge in [-0.2, -0.15) is 4.98 Å². The van der Waals surface area contributed by atoms with E-state index in [2.05, 4.69) is 143 Å². The molecule has 0 bridgehead atoms. The molecule has 0 spiro atoms. The zero-order valence-electron chi connectivity index (χ0n) is 27.4. The number of benzene rings is 7. The first kappa shape index (κ1) is 27.9. The second kappa shape index (κ2) is 10.8. The van der Waals surface area contributed by atoms with E-state index < -0.39 is 0 Å². The number of aromatic nitrogens is 4. The first-order valence-corrected chi connectivity index (χ1v) is 17.2. The zero-order chi connectivity index (χ0) is 33.5. The van der Waals surface area contributed by atoms with Crippen molar-refractivity contribution < 1.29 is 4.42 Å². The van der Waals surface area contributed by atoms with Gasteiger partial charge in [-0.1, -0.05) is 115 Å². The summed E-state index contributed by atoms with van der Waals surface area (Å²) in [5, 5.41) is 6.78. The zero-order valence-corrected chi connectivity index (χ0v) is 27.4. The molecular formula is C46H28N4O.